The molecule has 35 heavy (non-hydrogen) atoms. The van der Waals surface area contributed by atoms with Crippen LogP contribution in [0.2, 0.25) is 0 Å². The molecule has 2 saturated heterocycles. The molecule has 3 aliphatic rings. The molecular formula is C29H42ClN3O2. The number of hydrogen-bond donors (Lipinski definition) is 0. The molecule has 0 atom stereocenters. The number of furan rings is 1. The van der Waals surface area contributed by atoms with Crippen molar-refractivity contribution in [2.75, 3.05) is 62.3 Å². The first-order valence-corrected chi connectivity index (χ1v) is 13.0. The average molecular weight is 500 g/mol. The Kier molecular flexibility index (Phi) is 7.89. The lowest BCUT2D eigenvalue weighted by Gasteiger charge is -2.42. The number of benzene rings is 1. The highest BCUT2D eigenvalue weighted by Gasteiger charge is 2.35. The first-order valence-electron chi connectivity index (χ1n) is 13.0. The molecular weight excluding hydrogens is 458 g/mol. The number of halogens is 1. The van der Waals surface area contributed by atoms with Crippen molar-refractivity contribution in [2.45, 2.75) is 47.1 Å². The van der Waals surface area contributed by atoms with Crippen LogP contribution in [0.1, 0.15) is 51.7 Å². The van der Waals surface area contributed by atoms with Crippen molar-refractivity contribution < 1.29 is 9.15 Å². The minimum Gasteiger partial charge on any atom is -0.472 e. The van der Waals surface area contributed by atoms with Gasteiger partial charge in [0.2, 0.25) is 0 Å². The molecule has 192 valence electrons. The summed E-state index contributed by atoms with van der Waals surface area (Å²) in [5, 5.41) is 0. The molecule has 3 heterocycles. The van der Waals surface area contributed by atoms with E-state index in [1.54, 1.807) is 6.26 Å². The van der Waals surface area contributed by atoms with Gasteiger partial charge in [-0.05, 0) is 53.5 Å². The van der Waals surface area contributed by atoms with Crippen molar-refractivity contribution in [3.8, 4) is 0 Å². The molecule has 0 spiro atoms. The van der Waals surface area contributed by atoms with Crippen LogP contribution in [0, 0.1) is 10.8 Å². The number of hydrogen-bond acceptors (Lipinski definition) is 5. The van der Waals surface area contributed by atoms with E-state index in [1.807, 2.05) is 6.26 Å². The Morgan fingerprint density at radius 2 is 1.63 bits per heavy atom. The van der Waals surface area contributed by atoms with Crippen molar-refractivity contribution >= 4 is 29.4 Å². The lowest BCUT2D eigenvalue weighted by atomic mass is 9.65. The molecule has 0 unspecified atom stereocenters. The number of morpholine rings is 1. The van der Waals surface area contributed by atoms with Crippen molar-refractivity contribution in [2.24, 2.45) is 10.8 Å². The van der Waals surface area contributed by atoms with Crippen LogP contribution >= 0.6 is 12.4 Å². The zero-order valence-electron chi connectivity index (χ0n) is 21.9. The van der Waals surface area contributed by atoms with E-state index in [-0.39, 0.29) is 17.8 Å². The largest absolute Gasteiger partial charge is 0.472 e. The molecule has 1 aliphatic carbocycles. The Morgan fingerprint density at radius 1 is 0.886 bits per heavy atom. The van der Waals surface area contributed by atoms with E-state index >= 15 is 0 Å². The van der Waals surface area contributed by atoms with Gasteiger partial charge < -0.3 is 19.0 Å². The minimum atomic E-state index is 0. The molecule has 0 radical (unpaired) electrons. The second kappa shape index (κ2) is 10.6. The van der Waals surface area contributed by atoms with Gasteiger partial charge in [-0.15, -0.1) is 12.4 Å². The Bertz CT molecular complexity index is 1000. The zero-order valence-corrected chi connectivity index (χ0v) is 22.7. The van der Waals surface area contributed by atoms with Crippen LogP contribution in [0.3, 0.4) is 0 Å². The third-order valence-electron chi connectivity index (χ3n) is 7.57. The van der Waals surface area contributed by atoms with Gasteiger partial charge in [0.15, 0.2) is 0 Å². The summed E-state index contributed by atoms with van der Waals surface area (Å²) in [6.45, 7) is 18.5. The maximum absolute atomic E-state index is 5.62. The summed E-state index contributed by atoms with van der Waals surface area (Å²) in [7, 11) is 0. The molecule has 0 N–H and O–H groups in total. The molecule has 2 fully saturated rings. The van der Waals surface area contributed by atoms with Crippen LogP contribution in [-0.2, 0) is 11.3 Å². The van der Waals surface area contributed by atoms with E-state index in [0.29, 0.717) is 5.41 Å². The standard InChI is InChI=1S/C29H41N3O2.ClH/c1-28(2)18-24(19-29(3,4)22-28)26-17-25(31-12-15-33-16-13-31)5-6-27(26)32-10-8-30(9-11-32)20-23-7-14-34-21-23;/h5-7,14,17-18,21H,8-13,15-16,19-20,22H2,1-4H3;1H. The Labute approximate surface area is 217 Å². The topological polar surface area (TPSA) is 32.1 Å². The highest BCUT2D eigenvalue weighted by atomic mass is 35.5. The first kappa shape index (κ1) is 26.1. The summed E-state index contributed by atoms with van der Waals surface area (Å²) in [4.78, 5) is 7.63. The molecule has 1 aromatic heterocycles. The fraction of sp³-hybridized carbons (Fsp3) is 0.586. The van der Waals surface area contributed by atoms with Gasteiger partial charge in [0.1, 0.15) is 0 Å². The van der Waals surface area contributed by atoms with Crippen LogP contribution in [0.5, 0.6) is 0 Å². The predicted octanol–water partition coefficient (Wildman–Crippen LogP) is 6.09. The second-order valence-electron chi connectivity index (χ2n) is 11.9. The zero-order chi connectivity index (χ0) is 23.8. The van der Waals surface area contributed by atoms with Gasteiger partial charge in [0.25, 0.3) is 0 Å². The Balaban J connectivity index is 0.00000289. The van der Waals surface area contributed by atoms with Gasteiger partial charge in [-0.25, -0.2) is 0 Å². The third-order valence-corrected chi connectivity index (χ3v) is 7.57. The maximum Gasteiger partial charge on any atom is 0.0947 e. The fourth-order valence-corrected chi connectivity index (χ4v) is 6.42. The SMILES string of the molecule is CC1(C)C=C(c2cc(N3CCOCC3)ccc2N2CCN(Cc3ccoc3)CC2)CC(C)(C)C1.Cl. The van der Waals surface area contributed by atoms with E-state index < -0.39 is 0 Å². The van der Waals surface area contributed by atoms with Gasteiger partial charge in [0.05, 0.1) is 25.7 Å². The van der Waals surface area contributed by atoms with Crippen LogP contribution in [-0.4, -0.2) is 57.4 Å². The lowest BCUT2D eigenvalue weighted by Crippen LogP contribution is -2.46. The van der Waals surface area contributed by atoms with Crippen molar-refractivity contribution in [3.63, 3.8) is 0 Å². The van der Waals surface area contributed by atoms with Gasteiger partial charge in [-0.3, -0.25) is 4.90 Å². The van der Waals surface area contributed by atoms with Gasteiger partial charge in [-0.1, -0.05) is 33.8 Å². The summed E-state index contributed by atoms with van der Waals surface area (Å²) in [5.74, 6) is 0. The molecule has 0 bridgehead atoms. The van der Waals surface area contributed by atoms with E-state index in [1.165, 1.54) is 34.5 Å². The third kappa shape index (κ3) is 6.25. The van der Waals surface area contributed by atoms with Gasteiger partial charge in [0, 0.05) is 68.3 Å². The maximum atomic E-state index is 5.62. The fourth-order valence-electron chi connectivity index (χ4n) is 6.42. The Hall–Kier alpha value is -1.95. The highest BCUT2D eigenvalue weighted by molar-refractivity contribution is 5.85. The predicted molar refractivity (Wildman–Crippen MR) is 148 cm³/mol. The quantitative estimate of drug-likeness (QED) is 0.497. The van der Waals surface area contributed by atoms with E-state index in [0.717, 1.165) is 65.4 Å². The summed E-state index contributed by atoms with van der Waals surface area (Å²) < 4.78 is 10.9. The normalized spacial score (nSPS) is 22.5. The number of anilines is 2. The van der Waals surface area contributed by atoms with Gasteiger partial charge in [-0.2, -0.15) is 0 Å². The number of nitrogens with zero attached hydrogens (tertiary/aromatic N) is 3. The molecule has 0 amide bonds. The minimum absolute atomic E-state index is 0. The monoisotopic (exact) mass is 499 g/mol. The van der Waals surface area contributed by atoms with Crippen LogP contribution < -0.4 is 9.80 Å². The first-order chi connectivity index (χ1) is 16.3. The van der Waals surface area contributed by atoms with Crippen LogP contribution in [0.15, 0.2) is 47.3 Å². The molecule has 2 aliphatic heterocycles. The molecule has 5 rings (SSSR count). The molecule has 5 nitrogen and oxygen atoms in total. The number of piperazine rings is 1. The van der Waals surface area contributed by atoms with Crippen molar-refractivity contribution in [1.29, 1.82) is 0 Å². The number of ether oxygens (including phenoxy) is 1. The summed E-state index contributed by atoms with van der Waals surface area (Å²) in [6, 6.07) is 9.28. The summed E-state index contributed by atoms with van der Waals surface area (Å²) >= 11 is 0. The molecule has 2 aromatic rings. The second-order valence-corrected chi connectivity index (χ2v) is 11.9. The van der Waals surface area contributed by atoms with E-state index in [9.17, 15) is 0 Å². The molecule has 6 heteroatoms. The van der Waals surface area contributed by atoms with Crippen LogP contribution in [0.25, 0.3) is 5.57 Å². The number of allylic oxidation sites excluding steroid dienone is 2. The highest BCUT2D eigenvalue weighted by Crippen LogP contribution is 2.49. The van der Waals surface area contributed by atoms with Gasteiger partial charge >= 0.3 is 0 Å². The smallest absolute Gasteiger partial charge is 0.0947 e. The lowest BCUT2D eigenvalue weighted by molar-refractivity contribution is 0.122. The molecule has 1 aromatic carbocycles. The van der Waals surface area contributed by atoms with E-state index in [4.69, 9.17) is 9.15 Å². The van der Waals surface area contributed by atoms with Crippen molar-refractivity contribution in [3.05, 3.63) is 54.0 Å². The van der Waals surface area contributed by atoms with Crippen molar-refractivity contribution in [1.82, 2.24) is 4.90 Å². The van der Waals surface area contributed by atoms with E-state index in [2.05, 4.69) is 72.7 Å². The summed E-state index contributed by atoms with van der Waals surface area (Å²) in [5.41, 5.74) is 7.49. The average Bonchev–Trinajstić information content (AvgIpc) is 3.31. The molecule has 0 saturated carbocycles. The Morgan fingerprint density at radius 3 is 2.29 bits per heavy atom. The summed E-state index contributed by atoms with van der Waals surface area (Å²) in [6.07, 6.45) is 8.57. The number of rotatable bonds is 5. The van der Waals surface area contributed by atoms with Crippen LogP contribution in [0.4, 0.5) is 11.4 Å².